The fourth-order valence-electron chi connectivity index (χ4n) is 2.38. The van der Waals surface area contributed by atoms with Gasteiger partial charge in [0.1, 0.15) is 0 Å². The number of nitriles is 2. The first-order chi connectivity index (χ1) is 10.5. The number of hydrogen-bond donors (Lipinski definition) is 1. The van der Waals surface area contributed by atoms with Crippen molar-refractivity contribution in [1.29, 1.82) is 10.5 Å². The maximum Gasteiger partial charge on any atom is 0.0975 e. The normalized spacial score (nSPS) is 16.2. The zero-order chi connectivity index (χ0) is 16.3. The van der Waals surface area contributed by atoms with Gasteiger partial charge in [0.15, 0.2) is 0 Å². The Hall–Kier alpha value is -2.01. The molecule has 0 bridgehead atoms. The zero-order valence-electron chi connectivity index (χ0n) is 12.1. The molecule has 0 aromatic heterocycles. The predicted molar refractivity (Wildman–Crippen MR) is 91.2 cm³/mol. The zero-order valence-corrected chi connectivity index (χ0v) is 14.5. The van der Waals surface area contributed by atoms with Crippen LogP contribution in [-0.2, 0) is 0 Å². The molecule has 0 spiro atoms. The van der Waals surface area contributed by atoms with Gasteiger partial charge in [0, 0.05) is 20.9 Å². The second kappa shape index (κ2) is 6.83. The quantitative estimate of drug-likeness (QED) is 0.805. The van der Waals surface area contributed by atoms with Crippen LogP contribution in [0.5, 0.6) is 0 Å². The van der Waals surface area contributed by atoms with E-state index in [2.05, 4.69) is 33.4 Å². The first kappa shape index (κ1) is 16.4. The monoisotopic (exact) mass is 373 g/mol. The number of allylic oxidation sites excluding steroid dienone is 5. The van der Waals surface area contributed by atoms with Crippen LogP contribution in [-0.4, -0.2) is 0 Å². The van der Waals surface area contributed by atoms with Crippen molar-refractivity contribution in [3.8, 4) is 12.1 Å². The number of benzene rings is 1. The number of halogens is 2. The lowest BCUT2D eigenvalue weighted by Crippen LogP contribution is -2.23. The molecule has 22 heavy (non-hydrogen) atoms. The van der Waals surface area contributed by atoms with Crippen LogP contribution in [0.3, 0.4) is 0 Å². The van der Waals surface area contributed by atoms with E-state index in [1.54, 1.807) is 6.08 Å². The average Bonchev–Trinajstić information content (AvgIpc) is 2.47. The van der Waals surface area contributed by atoms with Crippen molar-refractivity contribution in [3.63, 3.8) is 0 Å². The molecular weight excluding hydrogens is 362 g/mol. The van der Waals surface area contributed by atoms with Crippen molar-refractivity contribution in [1.82, 2.24) is 5.32 Å². The van der Waals surface area contributed by atoms with Gasteiger partial charge in [0.05, 0.1) is 29.2 Å². The van der Waals surface area contributed by atoms with Gasteiger partial charge in [-0.05, 0) is 31.5 Å². The van der Waals surface area contributed by atoms with Crippen molar-refractivity contribution in [2.24, 2.45) is 5.92 Å². The molecule has 0 aliphatic carbocycles. The molecule has 0 fully saturated rings. The van der Waals surface area contributed by atoms with Gasteiger partial charge in [-0.2, -0.15) is 10.5 Å². The second-order valence-corrected chi connectivity index (χ2v) is 6.25. The highest BCUT2D eigenvalue weighted by Gasteiger charge is 2.26. The van der Waals surface area contributed by atoms with E-state index >= 15 is 0 Å². The van der Waals surface area contributed by atoms with Crippen LogP contribution >= 0.6 is 27.5 Å². The van der Waals surface area contributed by atoms with E-state index in [9.17, 15) is 10.5 Å². The van der Waals surface area contributed by atoms with Gasteiger partial charge >= 0.3 is 0 Å². The summed E-state index contributed by atoms with van der Waals surface area (Å²) in [4.78, 5) is 0. The van der Waals surface area contributed by atoms with Gasteiger partial charge in [-0.3, -0.25) is 0 Å². The number of nitrogens with one attached hydrogen (secondary N) is 1. The van der Waals surface area contributed by atoms with Gasteiger partial charge < -0.3 is 5.32 Å². The van der Waals surface area contributed by atoms with Crippen molar-refractivity contribution in [3.05, 3.63) is 62.9 Å². The van der Waals surface area contributed by atoms with Crippen LogP contribution in [0.15, 0.2) is 57.4 Å². The summed E-state index contributed by atoms with van der Waals surface area (Å²) in [6, 6.07) is 11.9. The van der Waals surface area contributed by atoms with E-state index in [1.165, 1.54) is 0 Å². The van der Waals surface area contributed by atoms with E-state index in [0.29, 0.717) is 16.2 Å². The molecule has 0 unspecified atom stereocenters. The Morgan fingerprint density at radius 2 is 1.82 bits per heavy atom. The largest absolute Gasteiger partial charge is 0.361 e. The molecule has 1 heterocycles. The minimum atomic E-state index is -0.428. The van der Waals surface area contributed by atoms with Gasteiger partial charge in [0.25, 0.3) is 0 Å². The van der Waals surface area contributed by atoms with Crippen molar-refractivity contribution >= 4 is 32.6 Å². The Kier molecular flexibility index (Phi) is 5.08. The molecule has 0 amide bonds. The van der Waals surface area contributed by atoms with Crippen LogP contribution in [0.4, 0.5) is 0 Å². The molecule has 0 saturated carbocycles. The highest BCUT2D eigenvalue weighted by Crippen LogP contribution is 2.33. The Morgan fingerprint density at radius 3 is 2.32 bits per heavy atom. The topological polar surface area (TPSA) is 59.6 Å². The molecule has 5 heteroatoms. The smallest absolute Gasteiger partial charge is 0.0975 e. The summed E-state index contributed by atoms with van der Waals surface area (Å²) >= 11 is 9.81. The van der Waals surface area contributed by atoms with Crippen LogP contribution in [0.25, 0.3) is 5.03 Å². The summed E-state index contributed by atoms with van der Waals surface area (Å²) in [7, 11) is 0. The molecular formula is C17H13BrClN3. The van der Waals surface area contributed by atoms with Crippen LogP contribution in [0.1, 0.15) is 19.4 Å². The molecule has 1 aliphatic rings. The van der Waals surface area contributed by atoms with Gasteiger partial charge in [-0.25, -0.2) is 0 Å². The Bertz CT molecular complexity index is 755. The lowest BCUT2D eigenvalue weighted by Gasteiger charge is -2.24. The first-order valence-electron chi connectivity index (χ1n) is 6.60. The van der Waals surface area contributed by atoms with Gasteiger partial charge in [-0.15, -0.1) is 0 Å². The molecule has 3 nitrogen and oxygen atoms in total. The number of dihydropyridines is 1. The maximum absolute atomic E-state index is 9.40. The maximum atomic E-state index is 9.40. The van der Waals surface area contributed by atoms with Crippen LogP contribution < -0.4 is 5.32 Å². The highest BCUT2D eigenvalue weighted by atomic mass is 79.9. The second-order valence-electron chi connectivity index (χ2n) is 4.93. The van der Waals surface area contributed by atoms with Gasteiger partial charge in [-0.1, -0.05) is 45.7 Å². The SMILES string of the molecule is CC1=C(C#N)C(C=C(Cl)c2cccc(Br)c2)C(C#N)=C(C)N1. The lowest BCUT2D eigenvalue weighted by atomic mass is 9.86. The van der Waals surface area contributed by atoms with E-state index in [4.69, 9.17) is 11.6 Å². The number of rotatable bonds is 2. The van der Waals surface area contributed by atoms with Crippen LogP contribution in [0.2, 0.25) is 0 Å². The summed E-state index contributed by atoms with van der Waals surface area (Å²) in [5.74, 6) is -0.428. The summed E-state index contributed by atoms with van der Waals surface area (Å²) in [6.45, 7) is 3.65. The van der Waals surface area contributed by atoms with E-state index < -0.39 is 5.92 Å². The molecule has 1 N–H and O–H groups in total. The highest BCUT2D eigenvalue weighted by molar-refractivity contribution is 9.10. The van der Waals surface area contributed by atoms with Crippen molar-refractivity contribution in [2.45, 2.75) is 13.8 Å². The average molecular weight is 375 g/mol. The minimum Gasteiger partial charge on any atom is -0.361 e. The van der Waals surface area contributed by atoms with Crippen molar-refractivity contribution < 1.29 is 0 Å². The predicted octanol–water partition coefficient (Wildman–Crippen LogP) is 4.84. The Morgan fingerprint density at radius 1 is 1.23 bits per heavy atom. The molecule has 0 saturated heterocycles. The molecule has 1 aliphatic heterocycles. The van der Waals surface area contributed by atoms with Crippen molar-refractivity contribution in [2.75, 3.05) is 0 Å². The standard InChI is InChI=1S/C17H13BrClN3/c1-10-15(8-20)14(16(9-21)11(2)22-10)7-17(19)12-4-3-5-13(18)6-12/h3-7,14,22H,1-2H3. The number of nitrogens with zero attached hydrogens (tertiary/aromatic N) is 2. The summed E-state index contributed by atoms with van der Waals surface area (Å²) in [5.41, 5.74) is 3.35. The van der Waals surface area contributed by atoms with Crippen LogP contribution in [0, 0.1) is 28.6 Å². The Balaban J connectivity index is 2.52. The minimum absolute atomic E-state index is 0.428. The van der Waals surface area contributed by atoms with Gasteiger partial charge in [0.2, 0.25) is 0 Å². The lowest BCUT2D eigenvalue weighted by molar-refractivity contribution is 0.799. The van der Waals surface area contributed by atoms with E-state index in [0.717, 1.165) is 21.4 Å². The van der Waals surface area contributed by atoms with E-state index in [1.807, 2.05) is 38.1 Å². The molecule has 1 aromatic rings. The molecule has 0 atom stereocenters. The number of hydrogen-bond acceptors (Lipinski definition) is 3. The third kappa shape index (κ3) is 3.25. The molecule has 1 aromatic carbocycles. The molecule has 0 radical (unpaired) electrons. The molecule has 2 rings (SSSR count). The first-order valence-corrected chi connectivity index (χ1v) is 7.77. The summed E-state index contributed by atoms with van der Waals surface area (Å²) in [6.07, 6.45) is 1.76. The third-order valence-electron chi connectivity index (χ3n) is 3.46. The third-order valence-corrected chi connectivity index (χ3v) is 4.30. The summed E-state index contributed by atoms with van der Waals surface area (Å²) < 4.78 is 0.918. The Labute approximate surface area is 143 Å². The fourth-order valence-corrected chi connectivity index (χ4v) is 3.02. The fraction of sp³-hybridized carbons (Fsp3) is 0.176. The van der Waals surface area contributed by atoms with E-state index in [-0.39, 0.29) is 0 Å². The molecule has 110 valence electrons. The summed E-state index contributed by atoms with van der Waals surface area (Å²) in [5, 5.41) is 22.4.